The summed E-state index contributed by atoms with van der Waals surface area (Å²) in [6.07, 6.45) is -0.333. The van der Waals surface area contributed by atoms with E-state index in [1.54, 1.807) is 9.80 Å². The van der Waals surface area contributed by atoms with E-state index in [4.69, 9.17) is 4.74 Å². The number of aryl methyl sites for hydroxylation is 1. The number of benzene rings is 2. The molecule has 0 bridgehead atoms. The molecule has 0 aromatic heterocycles. The van der Waals surface area contributed by atoms with Crippen molar-refractivity contribution >= 4 is 27.9 Å². The zero-order chi connectivity index (χ0) is 18.5. The lowest BCUT2D eigenvalue weighted by atomic mass is 10.1. The van der Waals surface area contributed by atoms with Crippen LogP contribution in [-0.2, 0) is 11.3 Å². The van der Waals surface area contributed by atoms with Gasteiger partial charge in [-0.05, 0) is 36.2 Å². The largest absolute Gasteiger partial charge is 0.445 e. The third-order valence-corrected chi connectivity index (χ3v) is 5.32. The number of amides is 2. The van der Waals surface area contributed by atoms with Gasteiger partial charge >= 0.3 is 6.09 Å². The Hall–Kier alpha value is -2.34. The van der Waals surface area contributed by atoms with Crippen LogP contribution in [0.3, 0.4) is 0 Å². The molecule has 5 nitrogen and oxygen atoms in total. The average molecular weight is 417 g/mol. The van der Waals surface area contributed by atoms with Crippen LogP contribution in [0.25, 0.3) is 0 Å². The number of rotatable bonds is 3. The molecule has 2 aromatic carbocycles. The van der Waals surface area contributed by atoms with Crippen molar-refractivity contribution in [3.05, 3.63) is 69.7 Å². The van der Waals surface area contributed by atoms with E-state index in [1.165, 1.54) is 0 Å². The summed E-state index contributed by atoms with van der Waals surface area (Å²) in [6.45, 7) is 4.20. The molecule has 1 fully saturated rings. The molecule has 0 spiro atoms. The molecule has 136 valence electrons. The van der Waals surface area contributed by atoms with Crippen molar-refractivity contribution in [3.8, 4) is 0 Å². The van der Waals surface area contributed by atoms with Gasteiger partial charge in [-0.2, -0.15) is 0 Å². The maximum atomic E-state index is 12.6. The minimum Gasteiger partial charge on any atom is -0.445 e. The van der Waals surface area contributed by atoms with Crippen LogP contribution in [0.4, 0.5) is 4.79 Å². The lowest BCUT2D eigenvalue weighted by molar-refractivity contribution is 0.0544. The van der Waals surface area contributed by atoms with Gasteiger partial charge in [0.2, 0.25) is 0 Å². The molecule has 1 heterocycles. The van der Waals surface area contributed by atoms with Gasteiger partial charge in [-0.1, -0.05) is 46.3 Å². The number of hydrogen-bond donors (Lipinski definition) is 0. The number of nitrogens with zero attached hydrogens (tertiary/aromatic N) is 2. The molecule has 2 amide bonds. The van der Waals surface area contributed by atoms with Crippen LogP contribution < -0.4 is 0 Å². The van der Waals surface area contributed by atoms with Crippen LogP contribution in [0.15, 0.2) is 53.0 Å². The molecule has 1 saturated heterocycles. The summed E-state index contributed by atoms with van der Waals surface area (Å²) in [5.41, 5.74) is 2.66. The molecule has 1 aliphatic rings. The number of halogens is 1. The van der Waals surface area contributed by atoms with Crippen LogP contribution in [0.2, 0.25) is 0 Å². The molecule has 2 aromatic rings. The Bertz CT molecular complexity index is 787. The Morgan fingerprint density at radius 1 is 1.00 bits per heavy atom. The highest BCUT2D eigenvalue weighted by atomic mass is 79.9. The maximum Gasteiger partial charge on any atom is 0.410 e. The first-order valence-corrected chi connectivity index (χ1v) is 9.35. The zero-order valence-electron chi connectivity index (χ0n) is 14.7. The van der Waals surface area contributed by atoms with Crippen molar-refractivity contribution in [3.63, 3.8) is 0 Å². The second-order valence-electron chi connectivity index (χ2n) is 6.28. The van der Waals surface area contributed by atoms with E-state index in [0.29, 0.717) is 31.7 Å². The van der Waals surface area contributed by atoms with Gasteiger partial charge in [-0.25, -0.2) is 4.79 Å². The average Bonchev–Trinajstić information content (AvgIpc) is 2.68. The van der Waals surface area contributed by atoms with Gasteiger partial charge in [-0.3, -0.25) is 4.79 Å². The first-order chi connectivity index (χ1) is 12.5. The second-order valence-corrected chi connectivity index (χ2v) is 7.14. The molecule has 26 heavy (non-hydrogen) atoms. The monoisotopic (exact) mass is 416 g/mol. The summed E-state index contributed by atoms with van der Waals surface area (Å²) in [7, 11) is 0. The topological polar surface area (TPSA) is 49.9 Å². The molecule has 0 N–H and O–H groups in total. The van der Waals surface area contributed by atoms with Gasteiger partial charge in [-0.15, -0.1) is 0 Å². The van der Waals surface area contributed by atoms with Gasteiger partial charge in [0.25, 0.3) is 5.91 Å². The van der Waals surface area contributed by atoms with Gasteiger partial charge in [0, 0.05) is 36.2 Å². The Labute approximate surface area is 161 Å². The van der Waals surface area contributed by atoms with E-state index in [-0.39, 0.29) is 18.6 Å². The predicted octanol–water partition coefficient (Wildman–Crippen LogP) is 3.85. The van der Waals surface area contributed by atoms with Gasteiger partial charge in [0.1, 0.15) is 6.61 Å². The minimum atomic E-state index is -0.333. The van der Waals surface area contributed by atoms with Gasteiger partial charge in [0.15, 0.2) is 0 Å². The molecular formula is C20H21BrN2O3. The number of carbonyl (C=O) groups is 2. The number of hydrogen-bond acceptors (Lipinski definition) is 3. The molecule has 0 saturated carbocycles. The van der Waals surface area contributed by atoms with Crippen LogP contribution in [0.5, 0.6) is 0 Å². The van der Waals surface area contributed by atoms with Crippen LogP contribution in [0, 0.1) is 6.92 Å². The first-order valence-electron chi connectivity index (χ1n) is 8.55. The number of ether oxygens (including phenoxy) is 1. The third kappa shape index (κ3) is 4.43. The lowest BCUT2D eigenvalue weighted by Crippen LogP contribution is -2.50. The van der Waals surface area contributed by atoms with Crippen molar-refractivity contribution in [2.45, 2.75) is 13.5 Å². The fraction of sp³-hybridized carbons (Fsp3) is 0.300. The zero-order valence-corrected chi connectivity index (χ0v) is 16.2. The summed E-state index contributed by atoms with van der Waals surface area (Å²) in [5.74, 6) is -0.00194. The molecule has 6 heteroatoms. The summed E-state index contributed by atoms with van der Waals surface area (Å²) >= 11 is 3.45. The highest BCUT2D eigenvalue weighted by molar-refractivity contribution is 9.10. The Morgan fingerprint density at radius 3 is 2.31 bits per heavy atom. The number of carbonyl (C=O) groups excluding carboxylic acids is 2. The lowest BCUT2D eigenvalue weighted by Gasteiger charge is -2.34. The van der Waals surface area contributed by atoms with Crippen molar-refractivity contribution in [1.29, 1.82) is 0 Å². The molecule has 3 rings (SSSR count). The van der Waals surface area contributed by atoms with Crippen LogP contribution >= 0.6 is 15.9 Å². The second kappa shape index (κ2) is 8.36. The molecular weight excluding hydrogens is 396 g/mol. The van der Waals surface area contributed by atoms with Crippen molar-refractivity contribution in [1.82, 2.24) is 9.80 Å². The van der Waals surface area contributed by atoms with E-state index in [9.17, 15) is 9.59 Å². The summed E-state index contributed by atoms with van der Waals surface area (Å²) in [5, 5.41) is 0. The highest BCUT2D eigenvalue weighted by Crippen LogP contribution is 2.19. The quantitative estimate of drug-likeness (QED) is 0.763. The van der Waals surface area contributed by atoms with E-state index in [2.05, 4.69) is 15.9 Å². The molecule has 1 aliphatic heterocycles. The van der Waals surface area contributed by atoms with E-state index in [1.807, 2.05) is 55.5 Å². The van der Waals surface area contributed by atoms with Crippen LogP contribution in [-0.4, -0.2) is 48.0 Å². The van der Waals surface area contributed by atoms with E-state index in [0.717, 1.165) is 15.6 Å². The van der Waals surface area contributed by atoms with Crippen LogP contribution in [0.1, 0.15) is 21.5 Å². The van der Waals surface area contributed by atoms with Crippen molar-refractivity contribution in [2.24, 2.45) is 0 Å². The fourth-order valence-corrected chi connectivity index (χ4v) is 3.11. The minimum absolute atomic E-state index is 0.00194. The molecule has 0 radical (unpaired) electrons. The smallest absolute Gasteiger partial charge is 0.410 e. The van der Waals surface area contributed by atoms with Crippen molar-refractivity contribution in [2.75, 3.05) is 26.2 Å². The predicted molar refractivity (Wildman–Crippen MR) is 103 cm³/mol. The third-order valence-electron chi connectivity index (χ3n) is 4.44. The standard InChI is InChI=1S/C20H21BrN2O3/c1-15-13-17(7-8-18(15)21)19(24)22-9-11-23(12-10-22)20(25)26-14-16-5-3-2-4-6-16/h2-8,13H,9-12,14H2,1H3. The van der Waals surface area contributed by atoms with E-state index < -0.39 is 0 Å². The normalized spacial score (nSPS) is 14.2. The fourth-order valence-electron chi connectivity index (χ4n) is 2.86. The SMILES string of the molecule is Cc1cc(C(=O)N2CCN(C(=O)OCc3ccccc3)CC2)ccc1Br. The summed E-state index contributed by atoms with van der Waals surface area (Å²) in [4.78, 5) is 28.3. The molecule has 0 unspecified atom stereocenters. The van der Waals surface area contributed by atoms with Gasteiger partial charge in [0.05, 0.1) is 0 Å². The summed E-state index contributed by atoms with van der Waals surface area (Å²) in [6, 6.07) is 15.2. The molecule has 0 aliphatic carbocycles. The first kappa shape index (κ1) is 18.5. The Balaban J connectivity index is 1.51. The number of piperazine rings is 1. The Morgan fingerprint density at radius 2 is 1.65 bits per heavy atom. The molecule has 0 atom stereocenters. The Kier molecular flexibility index (Phi) is 5.93. The summed E-state index contributed by atoms with van der Waals surface area (Å²) < 4.78 is 6.34. The van der Waals surface area contributed by atoms with Crippen molar-refractivity contribution < 1.29 is 14.3 Å². The maximum absolute atomic E-state index is 12.6. The highest BCUT2D eigenvalue weighted by Gasteiger charge is 2.25. The van der Waals surface area contributed by atoms with E-state index >= 15 is 0 Å². The van der Waals surface area contributed by atoms with Gasteiger partial charge < -0.3 is 14.5 Å².